The monoisotopic (exact) mass is 231 g/mol. The third-order valence-corrected chi connectivity index (χ3v) is 2.83. The zero-order valence-corrected chi connectivity index (χ0v) is 9.93. The van der Waals surface area contributed by atoms with Gasteiger partial charge in [0.25, 0.3) is 0 Å². The predicted octanol–water partition coefficient (Wildman–Crippen LogP) is 1.12. The maximum atomic E-state index is 8.94. The van der Waals surface area contributed by atoms with Crippen LogP contribution in [0.3, 0.4) is 0 Å². The molecule has 0 saturated carbocycles. The second-order valence-corrected chi connectivity index (χ2v) is 4.01. The highest BCUT2D eigenvalue weighted by Crippen LogP contribution is 2.21. The molecule has 4 nitrogen and oxygen atoms in total. The van der Waals surface area contributed by atoms with E-state index in [4.69, 9.17) is 10.8 Å². The Hall–Kier alpha value is -1.65. The maximum absolute atomic E-state index is 8.94. The number of likely N-dealkylation sites (N-methyl/N-ethyl adjacent to an activating group) is 1. The largest absolute Gasteiger partial charge is 0.395 e. The second-order valence-electron chi connectivity index (χ2n) is 4.01. The Morgan fingerprint density at radius 3 is 2.82 bits per heavy atom. The molecule has 0 radical (unpaired) electrons. The van der Waals surface area contributed by atoms with E-state index in [0.29, 0.717) is 13.1 Å². The van der Waals surface area contributed by atoms with Crippen molar-refractivity contribution in [1.82, 2.24) is 4.98 Å². The Kier molecular flexibility index (Phi) is 3.56. The van der Waals surface area contributed by atoms with E-state index < -0.39 is 0 Å². The quantitative estimate of drug-likeness (QED) is 0.827. The van der Waals surface area contributed by atoms with E-state index in [0.717, 1.165) is 22.3 Å². The first-order valence-electron chi connectivity index (χ1n) is 5.67. The first-order chi connectivity index (χ1) is 8.26. The van der Waals surface area contributed by atoms with Crippen molar-refractivity contribution in [3.63, 3.8) is 0 Å². The summed E-state index contributed by atoms with van der Waals surface area (Å²) in [6.45, 7) is 1.17. The van der Waals surface area contributed by atoms with Gasteiger partial charge in [-0.3, -0.25) is 0 Å². The van der Waals surface area contributed by atoms with Crippen LogP contribution in [-0.2, 0) is 6.54 Å². The Morgan fingerprint density at radius 2 is 2.12 bits per heavy atom. The lowest BCUT2D eigenvalue weighted by atomic mass is 10.1. The third-order valence-electron chi connectivity index (χ3n) is 2.83. The van der Waals surface area contributed by atoms with Gasteiger partial charge >= 0.3 is 0 Å². The number of para-hydroxylation sites is 1. The molecule has 0 aliphatic carbocycles. The average molecular weight is 231 g/mol. The lowest BCUT2D eigenvalue weighted by molar-refractivity contribution is 0.304. The van der Waals surface area contributed by atoms with Crippen molar-refractivity contribution in [3.8, 4) is 0 Å². The van der Waals surface area contributed by atoms with Gasteiger partial charge in [0.15, 0.2) is 0 Å². The van der Waals surface area contributed by atoms with E-state index in [-0.39, 0.29) is 6.61 Å². The molecule has 0 unspecified atom stereocenters. The lowest BCUT2D eigenvalue weighted by Gasteiger charge is -2.18. The standard InChI is InChI=1S/C13H17N3O/c1-16(6-7-17)13-8-10(9-14)11-4-2-3-5-12(11)15-13/h2-5,8,17H,6-7,9,14H2,1H3. The number of hydrogen-bond donors (Lipinski definition) is 2. The molecule has 0 amide bonds. The molecular weight excluding hydrogens is 214 g/mol. The Bertz CT molecular complexity index is 513. The van der Waals surface area contributed by atoms with Crippen molar-refractivity contribution in [1.29, 1.82) is 0 Å². The normalized spacial score (nSPS) is 10.8. The predicted molar refractivity (Wildman–Crippen MR) is 70.0 cm³/mol. The van der Waals surface area contributed by atoms with Gasteiger partial charge in [-0.1, -0.05) is 18.2 Å². The number of pyridine rings is 1. The molecule has 0 saturated heterocycles. The highest BCUT2D eigenvalue weighted by Gasteiger charge is 2.07. The highest BCUT2D eigenvalue weighted by atomic mass is 16.3. The van der Waals surface area contributed by atoms with E-state index in [1.807, 2.05) is 42.3 Å². The number of aliphatic hydroxyl groups excluding tert-OH is 1. The number of aromatic nitrogens is 1. The van der Waals surface area contributed by atoms with Crippen molar-refractivity contribution in [2.24, 2.45) is 5.73 Å². The smallest absolute Gasteiger partial charge is 0.129 e. The van der Waals surface area contributed by atoms with E-state index in [1.54, 1.807) is 0 Å². The maximum Gasteiger partial charge on any atom is 0.129 e. The van der Waals surface area contributed by atoms with Gasteiger partial charge in [0.1, 0.15) is 5.82 Å². The summed E-state index contributed by atoms with van der Waals surface area (Å²) in [5.41, 5.74) is 7.78. The lowest BCUT2D eigenvalue weighted by Crippen LogP contribution is -2.22. The molecule has 2 rings (SSSR count). The summed E-state index contributed by atoms with van der Waals surface area (Å²) in [6, 6.07) is 9.94. The number of nitrogens with zero attached hydrogens (tertiary/aromatic N) is 2. The third kappa shape index (κ3) is 2.38. The van der Waals surface area contributed by atoms with Gasteiger partial charge in [-0.15, -0.1) is 0 Å². The molecule has 1 aromatic heterocycles. The van der Waals surface area contributed by atoms with Crippen LogP contribution in [0.2, 0.25) is 0 Å². The number of aliphatic hydroxyl groups is 1. The molecule has 0 aliphatic heterocycles. The fourth-order valence-corrected chi connectivity index (χ4v) is 1.86. The fraction of sp³-hybridized carbons (Fsp3) is 0.308. The Labute approximate surface area is 101 Å². The SMILES string of the molecule is CN(CCO)c1cc(CN)c2ccccc2n1. The van der Waals surface area contributed by atoms with Gasteiger partial charge in [-0.05, 0) is 17.7 Å². The minimum Gasteiger partial charge on any atom is -0.395 e. The van der Waals surface area contributed by atoms with Gasteiger partial charge in [-0.2, -0.15) is 0 Å². The van der Waals surface area contributed by atoms with Gasteiger partial charge in [0, 0.05) is 25.5 Å². The van der Waals surface area contributed by atoms with Gasteiger partial charge in [0.05, 0.1) is 12.1 Å². The van der Waals surface area contributed by atoms with E-state index in [2.05, 4.69) is 4.98 Å². The summed E-state index contributed by atoms with van der Waals surface area (Å²) >= 11 is 0. The van der Waals surface area contributed by atoms with Crippen LogP contribution in [0.5, 0.6) is 0 Å². The van der Waals surface area contributed by atoms with Crippen LogP contribution in [0, 0.1) is 0 Å². The van der Waals surface area contributed by atoms with E-state index in [9.17, 15) is 0 Å². The minimum absolute atomic E-state index is 0.114. The molecule has 1 aromatic carbocycles. The van der Waals surface area contributed by atoms with Crippen LogP contribution in [0.1, 0.15) is 5.56 Å². The van der Waals surface area contributed by atoms with E-state index >= 15 is 0 Å². The van der Waals surface area contributed by atoms with Crippen LogP contribution in [-0.4, -0.2) is 30.3 Å². The number of nitrogens with two attached hydrogens (primary N) is 1. The van der Waals surface area contributed by atoms with Gasteiger partial charge in [-0.25, -0.2) is 4.98 Å². The summed E-state index contributed by atoms with van der Waals surface area (Å²) in [5, 5.41) is 10.0. The van der Waals surface area contributed by atoms with E-state index in [1.165, 1.54) is 0 Å². The van der Waals surface area contributed by atoms with Crippen LogP contribution in [0.25, 0.3) is 10.9 Å². The van der Waals surface area contributed by atoms with Crippen molar-refractivity contribution in [3.05, 3.63) is 35.9 Å². The second kappa shape index (κ2) is 5.12. The van der Waals surface area contributed by atoms with Gasteiger partial charge < -0.3 is 15.7 Å². The molecule has 3 N–H and O–H groups in total. The summed E-state index contributed by atoms with van der Waals surface area (Å²) in [4.78, 5) is 6.48. The summed E-state index contributed by atoms with van der Waals surface area (Å²) in [5.74, 6) is 0.846. The molecule has 0 spiro atoms. The molecule has 17 heavy (non-hydrogen) atoms. The molecule has 4 heteroatoms. The average Bonchev–Trinajstić information content (AvgIpc) is 2.37. The highest BCUT2D eigenvalue weighted by molar-refractivity contribution is 5.84. The molecule has 0 aliphatic rings. The Morgan fingerprint density at radius 1 is 1.35 bits per heavy atom. The fourth-order valence-electron chi connectivity index (χ4n) is 1.86. The summed E-state index contributed by atoms with van der Waals surface area (Å²) < 4.78 is 0. The molecule has 0 atom stereocenters. The number of benzene rings is 1. The molecule has 0 fully saturated rings. The van der Waals surface area contributed by atoms with Crippen LogP contribution in [0.15, 0.2) is 30.3 Å². The van der Waals surface area contributed by atoms with Crippen LogP contribution in [0.4, 0.5) is 5.82 Å². The summed E-state index contributed by atoms with van der Waals surface area (Å²) in [7, 11) is 1.91. The van der Waals surface area contributed by atoms with Gasteiger partial charge in [0.2, 0.25) is 0 Å². The molecule has 2 aromatic rings. The zero-order chi connectivity index (χ0) is 12.3. The Balaban J connectivity index is 2.52. The van der Waals surface area contributed by atoms with Crippen molar-refractivity contribution < 1.29 is 5.11 Å². The molecule has 90 valence electrons. The number of hydrogen-bond acceptors (Lipinski definition) is 4. The number of fused-ring (bicyclic) bond motifs is 1. The molecule has 0 bridgehead atoms. The van der Waals surface area contributed by atoms with Crippen molar-refractivity contribution in [2.75, 3.05) is 25.1 Å². The van der Waals surface area contributed by atoms with Crippen molar-refractivity contribution >= 4 is 16.7 Å². The zero-order valence-electron chi connectivity index (χ0n) is 9.93. The first kappa shape index (κ1) is 11.8. The first-order valence-corrected chi connectivity index (χ1v) is 5.67. The number of rotatable bonds is 4. The topological polar surface area (TPSA) is 62.4 Å². The van der Waals surface area contributed by atoms with Crippen LogP contribution >= 0.6 is 0 Å². The van der Waals surface area contributed by atoms with Crippen LogP contribution < -0.4 is 10.6 Å². The molecule has 1 heterocycles. The summed E-state index contributed by atoms with van der Waals surface area (Å²) in [6.07, 6.45) is 0. The number of anilines is 1. The molecular formula is C13H17N3O. The minimum atomic E-state index is 0.114. The van der Waals surface area contributed by atoms with Crippen molar-refractivity contribution in [2.45, 2.75) is 6.54 Å².